The summed E-state index contributed by atoms with van der Waals surface area (Å²) in [5.41, 5.74) is 5.22. The van der Waals surface area contributed by atoms with Gasteiger partial charge in [-0.25, -0.2) is 0 Å². The van der Waals surface area contributed by atoms with Gasteiger partial charge in [-0.05, 0) is 57.1 Å². The summed E-state index contributed by atoms with van der Waals surface area (Å²) < 4.78 is 1.96. The van der Waals surface area contributed by atoms with E-state index < -0.39 is 0 Å². The van der Waals surface area contributed by atoms with Gasteiger partial charge in [0.1, 0.15) is 0 Å². The molecule has 0 radical (unpaired) electrons. The molecule has 4 nitrogen and oxygen atoms in total. The SMILES string of the molecule is CNCC1CCN(Cc2ccc(C)cc2-c2ccnn2C)C1.Cl. The van der Waals surface area contributed by atoms with E-state index in [1.165, 1.54) is 41.9 Å². The molecule has 1 aromatic carbocycles. The molecule has 1 aliphatic rings. The Balaban J connectivity index is 0.00000192. The second kappa shape index (κ2) is 7.95. The van der Waals surface area contributed by atoms with E-state index in [4.69, 9.17) is 0 Å². The van der Waals surface area contributed by atoms with E-state index in [2.05, 4.69) is 46.5 Å². The summed E-state index contributed by atoms with van der Waals surface area (Å²) >= 11 is 0. The van der Waals surface area contributed by atoms with Crippen molar-refractivity contribution in [1.82, 2.24) is 20.0 Å². The van der Waals surface area contributed by atoms with E-state index in [-0.39, 0.29) is 12.4 Å². The fourth-order valence-corrected chi connectivity index (χ4v) is 3.46. The summed E-state index contributed by atoms with van der Waals surface area (Å²) in [6, 6.07) is 8.89. The highest BCUT2D eigenvalue weighted by Gasteiger charge is 2.22. The van der Waals surface area contributed by atoms with Crippen LogP contribution < -0.4 is 5.32 Å². The van der Waals surface area contributed by atoms with E-state index in [1.54, 1.807) is 0 Å². The first-order valence-corrected chi connectivity index (χ1v) is 8.12. The molecule has 0 spiro atoms. The van der Waals surface area contributed by atoms with Crippen LogP contribution in [0.25, 0.3) is 11.3 Å². The zero-order valence-corrected chi connectivity index (χ0v) is 15.1. The van der Waals surface area contributed by atoms with Gasteiger partial charge in [-0.2, -0.15) is 5.10 Å². The van der Waals surface area contributed by atoms with Gasteiger partial charge < -0.3 is 5.32 Å². The molecule has 1 unspecified atom stereocenters. The maximum Gasteiger partial charge on any atom is 0.0682 e. The lowest BCUT2D eigenvalue weighted by Gasteiger charge is -2.19. The monoisotopic (exact) mass is 334 g/mol. The Morgan fingerprint density at radius 1 is 1.30 bits per heavy atom. The average Bonchev–Trinajstić information content (AvgIpc) is 3.11. The highest BCUT2D eigenvalue weighted by Crippen LogP contribution is 2.27. The van der Waals surface area contributed by atoms with E-state index in [1.807, 2.05) is 25.0 Å². The van der Waals surface area contributed by atoms with Gasteiger partial charge in [-0.15, -0.1) is 12.4 Å². The van der Waals surface area contributed by atoms with E-state index in [9.17, 15) is 0 Å². The molecule has 1 fully saturated rings. The quantitative estimate of drug-likeness (QED) is 0.912. The van der Waals surface area contributed by atoms with E-state index in [0.717, 1.165) is 19.0 Å². The zero-order valence-electron chi connectivity index (χ0n) is 14.2. The fourth-order valence-electron chi connectivity index (χ4n) is 3.46. The van der Waals surface area contributed by atoms with Crippen molar-refractivity contribution >= 4 is 12.4 Å². The van der Waals surface area contributed by atoms with Crippen LogP contribution in [0.1, 0.15) is 17.5 Å². The Hall–Kier alpha value is -1.36. The number of aryl methyl sites for hydroxylation is 2. The maximum atomic E-state index is 4.33. The summed E-state index contributed by atoms with van der Waals surface area (Å²) in [5, 5.41) is 7.63. The molecule has 126 valence electrons. The number of aromatic nitrogens is 2. The minimum atomic E-state index is 0. The summed E-state index contributed by atoms with van der Waals surface area (Å²) in [6.07, 6.45) is 3.17. The molecule has 23 heavy (non-hydrogen) atoms. The smallest absolute Gasteiger partial charge is 0.0682 e. The molecular formula is C18H27ClN4. The number of benzene rings is 1. The lowest BCUT2D eigenvalue weighted by molar-refractivity contribution is 0.316. The largest absolute Gasteiger partial charge is 0.319 e. The van der Waals surface area contributed by atoms with Crippen LogP contribution in [0.5, 0.6) is 0 Å². The molecule has 1 N–H and O–H groups in total. The number of hydrogen-bond acceptors (Lipinski definition) is 3. The molecule has 0 amide bonds. The van der Waals surface area contributed by atoms with E-state index in [0.29, 0.717) is 0 Å². The van der Waals surface area contributed by atoms with Crippen molar-refractivity contribution in [3.8, 4) is 11.3 Å². The molecule has 0 saturated carbocycles. The van der Waals surface area contributed by atoms with Crippen molar-refractivity contribution in [2.45, 2.75) is 19.9 Å². The molecule has 0 bridgehead atoms. The predicted molar refractivity (Wildman–Crippen MR) is 97.9 cm³/mol. The van der Waals surface area contributed by atoms with Crippen LogP contribution in [0.3, 0.4) is 0 Å². The Kier molecular flexibility index (Phi) is 6.22. The van der Waals surface area contributed by atoms with Gasteiger partial charge in [0.05, 0.1) is 5.69 Å². The fraction of sp³-hybridized carbons (Fsp3) is 0.500. The van der Waals surface area contributed by atoms with Crippen molar-refractivity contribution in [2.24, 2.45) is 13.0 Å². The van der Waals surface area contributed by atoms with Crippen LogP contribution in [-0.2, 0) is 13.6 Å². The van der Waals surface area contributed by atoms with Crippen LogP contribution >= 0.6 is 12.4 Å². The second-order valence-electron chi connectivity index (χ2n) is 6.45. The first kappa shape index (κ1) is 18.0. The minimum absolute atomic E-state index is 0. The molecule has 5 heteroatoms. The third-order valence-electron chi connectivity index (χ3n) is 4.62. The maximum absolute atomic E-state index is 4.33. The number of rotatable bonds is 5. The topological polar surface area (TPSA) is 33.1 Å². The van der Waals surface area contributed by atoms with Crippen LogP contribution in [0.2, 0.25) is 0 Å². The van der Waals surface area contributed by atoms with Gasteiger partial charge in [-0.3, -0.25) is 9.58 Å². The third-order valence-corrected chi connectivity index (χ3v) is 4.62. The Labute approximate surface area is 145 Å². The van der Waals surface area contributed by atoms with Gasteiger partial charge in [-0.1, -0.05) is 17.7 Å². The van der Waals surface area contributed by atoms with Crippen molar-refractivity contribution in [2.75, 3.05) is 26.7 Å². The summed E-state index contributed by atoms with van der Waals surface area (Å²) in [5.74, 6) is 0.788. The van der Waals surface area contributed by atoms with Gasteiger partial charge in [0.25, 0.3) is 0 Å². The number of nitrogens with zero attached hydrogens (tertiary/aromatic N) is 3. The zero-order chi connectivity index (χ0) is 15.5. The van der Waals surface area contributed by atoms with Gasteiger partial charge in [0.15, 0.2) is 0 Å². The molecule has 1 saturated heterocycles. The molecule has 3 rings (SSSR count). The van der Waals surface area contributed by atoms with Crippen molar-refractivity contribution in [3.05, 3.63) is 41.6 Å². The number of halogens is 1. The summed E-state index contributed by atoms with van der Waals surface area (Å²) in [6.45, 7) is 6.70. The predicted octanol–water partition coefficient (Wildman–Crippen LogP) is 2.86. The Morgan fingerprint density at radius 3 is 2.83 bits per heavy atom. The minimum Gasteiger partial charge on any atom is -0.319 e. The van der Waals surface area contributed by atoms with Crippen LogP contribution in [0.15, 0.2) is 30.5 Å². The van der Waals surface area contributed by atoms with Crippen LogP contribution in [0.4, 0.5) is 0 Å². The summed E-state index contributed by atoms with van der Waals surface area (Å²) in [4.78, 5) is 2.58. The van der Waals surface area contributed by atoms with E-state index >= 15 is 0 Å². The molecular weight excluding hydrogens is 308 g/mol. The number of nitrogens with one attached hydrogen (secondary N) is 1. The second-order valence-corrected chi connectivity index (χ2v) is 6.45. The van der Waals surface area contributed by atoms with Gasteiger partial charge in [0, 0.05) is 31.9 Å². The lowest BCUT2D eigenvalue weighted by Crippen LogP contribution is -2.24. The first-order chi connectivity index (χ1) is 10.7. The highest BCUT2D eigenvalue weighted by molar-refractivity contribution is 5.85. The van der Waals surface area contributed by atoms with Gasteiger partial charge >= 0.3 is 0 Å². The molecule has 2 heterocycles. The highest BCUT2D eigenvalue weighted by atomic mass is 35.5. The molecule has 1 atom stereocenters. The average molecular weight is 335 g/mol. The normalized spacial score (nSPS) is 18.1. The molecule has 1 aliphatic heterocycles. The molecule has 0 aliphatic carbocycles. The lowest BCUT2D eigenvalue weighted by atomic mass is 10.0. The van der Waals surface area contributed by atoms with Crippen molar-refractivity contribution < 1.29 is 0 Å². The number of hydrogen-bond donors (Lipinski definition) is 1. The van der Waals surface area contributed by atoms with Crippen LogP contribution in [0, 0.1) is 12.8 Å². The standard InChI is InChI=1S/C18H26N4.ClH/c1-14-4-5-16(13-22-9-7-15(12-22)11-19-2)17(10-14)18-6-8-20-21(18)3;/h4-6,8,10,15,19H,7,9,11-13H2,1-3H3;1H. The van der Waals surface area contributed by atoms with Crippen molar-refractivity contribution in [1.29, 1.82) is 0 Å². The summed E-state index contributed by atoms with van der Waals surface area (Å²) in [7, 11) is 4.06. The number of likely N-dealkylation sites (tertiary alicyclic amines) is 1. The third kappa shape index (κ3) is 4.14. The van der Waals surface area contributed by atoms with Gasteiger partial charge in [0.2, 0.25) is 0 Å². The molecule has 1 aromatic heterocycles. The molecule has 2 aromatic rings. The Morgan fingerprint density at radius 2 is 2.13 bits per heavy atom. The van der Waals surface area contributed by atoms with Crippen molar-refractivity contribution in [3.63, 3.8) is 0 Å². The first-order valence-electron chi connectivity index (χ1n) is 8.12. The Bertz CT molecular complexity index is 638. The van der Waals surface area contributed by atoms with Crippen LogP contribution in [-0.4, -0.2) is 41.4 Å².